The molecule has 9 nitrogen and oxygen atoms in total. The van der Waals surface area contributed by atoms with Crippen LogP contribution in [0.2, 0.25) is 0 Å². The summed E-state index contributed by atoms with van der Waals surface area (Å²) in [4.78, 5) is 22.1. The average Bonchev–Trinajstić information content (AvgIpc) is 2.52. The van der Waals surface area contributed by atoms with Gasteiger partial charge in [-0.1, -0.05) is 6.92 Å². The number of carboxylic acids is 1. The van der Waals surface area contributed by atoms with Crippen molar-refractivity contribution in [2.45, 2.75) is 18.2 Å². The monoisotopic (exact) mass is 358 g/mol. The van der Waals surface area contributed by atoms with Gasteiger partial charge in [0.25, 0.3) is 5.91 Å². The summed E-state index contributed by atoms with van der Waals surface area (Å²) in [5.74, 6) is -1.45. The van der Waals surface area contributed by atoms with Crippen LogP contribution in [-0.2, 0) is 19.6 Å². The molecule has 1 aromatic carbocycles. The average molecular weight is 358 g/mol. The Labute approximate surface area is 139 Å². The van der Waals surface area contributed by atoms with Gasteiger partial charge in [0.15, 0.2) is 6.61 Å². The van der Waals surface area contributed by atoms with Gasteiger partial charge in [-0.05, 0) is 6.42 Å². The number of nitrogens with zero attached hydrogens (tertiary/aromatic N) is 1. The number of anilines is 1. The van der Waals surface area contributed by atoms with E-state index in [9.17, 15) is 18.0 Å². The zero-order valence-corrected chi connectivity index (χ0v) is 14.1. The van der Waals surface area contributed by atoms with E-state index in [1.807, 2.05) is 0 Å². The molecule has 1 aliphatic rings. The van der Waals surface area contributed by atoms with E-state index in [0.29, 0.717) is 12.1 Å². The highest BCUT2D eigenvalue weighted by molar-refractivity contribution is 7.89. The van der Waals surface area contributed by atoms with E-state index in [0.717, 1.165) is 4.31 Å². The van der Waals surface area contributed by atoms with Crippen molar-refractivity contribution in [3.05, 3.63) is 12.1 Å². The minimum Gasteiger partial charge on any atom is -0.495 e. The van der Waals surface area contributed by atoms with Gasteiger partial charge in [-0.15, -0.1) is 0 Å². The lowest BCUT2D eigenvalue weighted by atomic mass is 10.2. The number of hydrogen-bond acceptors (Lipinski definition) is 6. The minimum atomic E-state index is -4.11. The number of sulfonamides is 1. The highest BCUT2D eigenvalue weighted by Crippen LogP contribution is 2.38. The maximum atomic E-state index is 12.8. The summed E-state index contributed by atoms with van der Waals surface area (Å²) in [5, 5.41) is 11.5. The normalized spacial score (nSPS) is 13.9. The first kappa shape index (κ1) is 18.0. The Hall–Kier alpha value is -2.33. The lowest BCUT2D eigenvalue weighted by Crippen LogP contribution is -2.36. The fraction of sp³-hybridized carbons (Fsp3) is 0.429. The molecule has 1 amide bonds. The zero-order chi connectivity index (χ0) is 17.9. The van der Waals surface area contributed by atoms with Gasteiger partial charge in [0, 0.05) is 18.7 Å². The summed E-state index contributed by atoms with van der Waals surface area (Å²) in [6.45, 7) is 0.903. The molecule has 0 spiro atoms. The first-order valence-corrected chi connectivity index (χ1v) is 8.60. The first-order valence-electron chi connectivity index (χ1n) is 7.16. The van der Waals surface area contributed by atoms with Gasteiger partial charge >= 0.3 is 5.97 Å². The number of rotatable bonds is 7. The number of benzene rings is 1. The molecule has 0 aromatic heterocycles. The third-order valence-corrected chi connectivity index (χ3v) is 5.17. The number of methoxy groups -OCH3 is 1. The first-order chi connectivity index (χ1) is 11.3. The molecule has 24 heavy (non-hydrogen) atoms. The second-order valence-corrected chi connectivity index (χ2v) is 6.97. The molecular formula is C14H18N2O7S. The smallest absolute Gasteiger partial charge is 0.318 e. The number of carbonyl (C=O) groups excluding carboxylic acids is 1. The van der Waals surface area contributed by atoms with Crippen LogP contribution in [-0.4, -0.2) is 56.5 Å². The van der Waals surface area contributed by atoms with E-state index >= 15 is 0 Å². The van der Waals surface area contributed by atoms with E-state index in [2.05, 4.69) is 5.32 Å². The Bertz CT molecular complexity index is 761. The Morgan fingerprint density at radius 2 is 2.17 bits per heavy atom. The third kappa shape index (κ3) is 3.60. The molecule has 1 aromatic rings. The Morgan fingerprint density at radius 3 is 2.75 bits per heavy atom. The molecular weight excluding hydrogens is 340 g/mol. The summed E-state index contributed by atoms with van der Waals surface area (Å²) >= 11 is 0. The molecule has 2 rings (SSSR count). The maximum Gasteiger partial charge on any atom is 0.318 e. The highest BCUT2D eigenvalue weighted by atomic mass is 32.2. The van der Waals surface area contributed by atoms with Crippen LogP contribution in [0.4, 0.5) is 5.69 Å². The number of amides is 1. The van der Waals surface area contributed by atoms with Crippen LogP contribution in [0, 0.1) is 0 Å². The number of nitrogens with one attached hydrogen (secondary N) is 1. The van der Waals surface area contributed by atoms with E-state index in [4.69, 9.17) is 14.6 Å². The van der Waals surface area contributed by atoms with Crippen molar-refractivity contribution in [3.8, 4) is 11.5 Å². The van der Waals surface area contributed by atoms with Crippen LogP contribution in [0.1, 0.15) is 13.3 Å². The number of carboxylic acid groups (broad SMARTS) is 1. The predicted octanol–water partition coefficient (Wildman–Crippen LogP) is 0.511. The largest absolute Gasteiger partial charge is 0.495 e. The van der Waals surface area contributed by atoms with Crippen LogP contribution in [0.5, 0.6) is 11.5 Å². The van der Waals surface area contributed by atoms with Crippen molar-refractivity contribution in [2.75, 3.05) is 32.1 Å². The van der Waals surface area contributed by atoms with Crippen LogP contribution in [0.15, 0.2) is 17.0 Å². The van der Waals surface area contributed by atoms with Crippen LogP contribution < -0.4 is 14.8 Å². The van der Waals surface area contributed by atoms with Gasteiger partial charge in [-0.2, -0.15) is 4.31 Å². The van der Waals surface area contributed by atoms with Gasteiger partial charge in [-0.25, -0.2) is 8.42 Å². The number of ether oxygens (including phenoxy) is 2. The molecule has 0 atom stereocenters. The van der Waals surface area contributed by atoms with Crippen molar-refractivity contribution < 1.29 is 32.6 Å². The second kappa shape index (κ2) is 7.05. The minimum absolute atomic E-state index is 0.00829. The summed E-state index contributed by atoms with van der Waals surface area (Å²) in [7, 11) is -2.83. The lowest BCUT2D eigenvalue weighted by Gasteiger charge is -2.24. The molecule has 10 heteroatoms. The molecule has 0 unspecified atom stereocenters. The van der Waals surface area contributed by atoms with Crippen molar-refractivity contribution in [2.24, 2.45) is 0 Å². The van der Waals surface area contributed by atoms with Crippen molar-refractivity contribution in [1.82, 2.24) is 4.31 Å². The molecule has 0 bridgehead atoms. The topological polar surface area (TPSA) is 122 Å². The zero-order valence-electron chi connectivity index (χ0n) is 13.2. The predicted molar refractivity (Wildman–Crippen MR) is 83.8 cm³/mol. The van der Waals surface area contributed by atoms with Gasteiger partial charge in [0.2, 0.25) is 10.0 Å². The fourth-order valence-electron chi connectivity index (χ4n) is 2.27. The van der Waals surface area contributed by atoms with E-state index in [1.165, 1.54) is 19.2 Å². The molecule has 0 aliphatic carbocycles. The van der Waals surface area contributed by atoms with Crippen molar-refractivity contribution >= 4 is 27.6 Å². The van der Waals surface area contributed by atoms with Gasteiger partial charge in [0.05, 0.1) is 12.8 Å². The standard InChI is InChI=1S/C14H18N2O7S/c1-3-4-16(7-14(18)19)24(20,21)12-6-10-9(5-11(12)22-2)15-13(17)8-23-10/h5-6H,3-4,7-8H2,1-2H3,(H,15,17)(H,18,19). The number of carbonyl (C=O) groups is 2. The van der Waals surface area contributed by atoms with Crippen LogP contribution in [0.25, 0.3) is 0 Å². The molecule has 132 valence electrons. The maximum absolute atomic E-state index is 12.8. The molecule has 1 heterocycles. The molecule has 0 saturated heterocycles. The summed E-state index contributed by atoms with van der Waals surface area (Å²) in [5.41, 5.74) is 0.294. The van der Waals surface area contributed by atoms with Gasteiger partial charge in [-0.3, -0.25) is 9.59 Å². The number of aliphatic carboxylic acids is 1. The number of fused-ring (bicyclic) bond motifs is 1. The third-order valence-electron chi connectivity index (χ3n) is 3.30. The molecule has 0 saturated carbocycles. The molecule has 2 N–H and O–H groups in total. The second-order valence-electron chi connectivity index (χ2n) is 5.07. The van der Waals surface area contributed by atoms with Crippen molar-refractivity contribution in [3.63, 3.8) is 0 Å². The van der Waals surface area contributed by atoms with Gasteiger partial charge in [0.1, 0.15) is 22.9 Å². The summed E-state index contributed by atoms with van der Waals surface area (Å²) in [6.07, 6.45) is 0.451. The van der Waals surface area contributed by atoms with Crippen molar-refractivity contribution in [1.29, 1.82) is 0 Å². The highest BCUT2D eigenvalue weighted by Gasteiger charge is 2.31. The number of hydrogen-bond donors (Lipinski definition) is 2. The molecule has 1 aliphatic heterocycles. The molecule has 0 radical (unpaired) electrons. The quantitative estimate of drug-likeness (QED) is 0.728. The Balaban J connectivity index is 2.52. The Morgan fingerprint density at radius 1 is 1.46 bits per heavy atom. The van der Waals surface area contributed by atoms with E-state index in [1.54, 1.807) is 6.92 Å². The SMILES string of the molecule is CCCN(CC(=O)O)S(=O)(=O)c1cc2c(cc1OC)NC(=O)CO2. The Kier molecular flexibility index (Phi) is 5.30. The summed E-state index contributed by atoms with van der Waals surface area (Å²) in [6, 6.07) is 2.57. The van der Waals surface area contributed by atoms with Crippen LogP contribution >= 0.6 is 0 Å². The van der Waals surface area contributed by atoms with Crippen LogP contribution in [0.3, 0.4) is 0 Å². The molecule has 0 fully saturated rings. The van der Waals surface area contributed by atoms with E-state index in [-0.39, 0.29) is 35.5 Å². The lowest BCUT2D eigenvalue weighted by molar-refractivity contribution is -0.137. The van der Waals surface area contributed by atoms with E-state index < -0.39 is 22.5 Å². The summed E-state index contributed by atoms with van der Waals surface area (Å²) < 4.78 is 36.8. The fourth-order valence-corrected chi connectivity index (χ4v) is 3.91. The van der Waals surface area contributed by atoms with Gasteiger partial charge < -0.3 is 19.9 Å².